The lowest BCUT2D eigenvalue weighted by atomic mass is 10.3. The Morgan fingerprint density at radius 1 is 1.38 bits per heavy atom. The lowest BCUT2D eigenvalue weighted by Crippen LogP contribution is -2.12. The lowest BCUT2D eigenvalue weighted by Gasteiger charge is -2.05. The van der Waals surface area contributed by atoms with Gasteiger partial charge in [0, 0.05) is 23.4 Å². The van der Waals surface area contributed by atoms with Crippen LogP contribution in [0.25, 0.3) is 0 Å². The standard InChI is InChI=1S/C13H12N2O5S/c1-9-12(21-8-14-9)6-7-19-13(16)20-11-4-2-10(3-5-11)15(17)18/h2-5,8H,6-7H2,1H3. The number of aryl methyl sites for hydroxylation is 1. The molecule has 0 radical (unpaired) electrons. The van der Waals surface area contributed by atoms with Gasteiger partial charge in [0.05, 0.1) is 22.7 Å². The van der Waals surface area contributed by atoms with Crippen LogP contribution in [0.2, 0.25) is 0 Å². The zero-order valence-electron chi connectivity index (χ0n) is 11.1. The molecular weight excluding hydrogens is 296 g/mol. The maximum atomic E-state index is 11.5. The Balaban J connectivity index is 1.79. The van der Waals surface area contributed by atoms with Gasteiger partial charge in [0.2, 0.25) is 0 Å². The second-order valence-electron chi connectivity index (χ2n) is 4.06. The summed E-state index contributed by atoms with van der Waals surface area (Å²) >= 11 is 1.50. The van der Waals surface area contributed by atoms with Gasteiger partial charge in [-0.05, 0) is 19.1 Å². The number of non-ortho nitro benzene ring substituents is 1. The molecule has 21 heavy (non-hydrogen) atoms. The van der Waals surface area contributed by atoms with Crippen molar-refractivity contribution in [3.05, 3.63) is 50.5 Å². The van der Waals surface area contributed by atoms with Gasteiger partial charge in [0.15, 0.2) is 0 Å². The van der Waals surface area contributed by atoms with Crippen LogP contribution in [0, 0.1) is 17.0 Å². The Labute approximate surface area is 124 Å². The van der Waals surface area contributed by atoms with Gasteiger partial charge in [0.1, 0.15) is 5.75 Å². The van der Waals surface area contributed by atoms with Gasteiger partial charge in [0.25, 0.3) is 5.69 Å². The van der Waals surface area contributed by atoms with Crippen LogP contribution in [-0.4, -0.2) is 22.7 Å². The summed E-state index contributed by atoms with van der Waals surface area (Å²) in [5.41, 5.74) is 2.59. The second-order valence-corrected chi connectivity index (χ2v) is 5.00. The highest BCUT2D eigenvalue weighted by Gasteiger charge is 2.10. The number of carbonyl (C=O) groups is 1. The van der Waals surface area contributed by atoms with Crippen molar-refractivity contribution in [1.82, 2.24) is 4.98 Å². The van der Waals surface area contributed by atoms with Gasteiger partial charge >= 0.3 is 6.16 Å². The van der Waals surface area contributed by atoms with E-state index in [1.165, 1.54) is 35.6 Å². The fraction of sp³-hybridized carbons (Fsp3) is 0.231. The van der Waals surface area contributed by atoms with Crippen LogP contribution in [0.5, 0.6) is 5.75 Å². The zero-order chi connectivity index (χ0) is 15.2. The molecule has 2 aromatic rings. The number of nitro groups is 1. The Kier molecular flexibility index (Phi) is 4.83. The van der Waals surface area contributed by atoms with Gasteiger partial charge in [-0.1, -0.05) is 0 Å². The maximum absolute atomic E-state index is 11.5. The molecule has 0 N–H and O–H groups in total. The summed E-state index contributed by atoms with van der Waals surface area (Å²) in [7, 11) is 0. The molecule has 1 aromatic heterocycles. The fourth-order valence-electron chi connectivity index (χ4n) is 1.55. The molecule has 0 aliphatic carbocycles. The largest absolute Gasteiger partial charge is 0.513 e. The van der Waals surface area contributed by atoms with Gasteiger partial charge in [-0.25, -0.2) is 9.78 Å². The minimum Gasteiger partial charge on any atom is -0.434 e. The topological polar surface area (TPSA) is 91.6 Å². The Hall–Kier alpha value is -2.48. The number of nitro benzene ring substituents is 1. The number of hydrogen-bond donors (Lipinski definition) is 0. The van der Waals surface area contributed by atoms with Crippen LogP contribution < -0.4 is 4.74 Å². The Bertz CT molecular complexity index is 638. The molecule has 7 nitrogen and oxygen atoms in total. The van der Waals surface area contributed by atoms with Crippen LogP contribution >= 0.6 is 11.3 Å². The first-order valence-electron chi connectivity index (χ1n) is 6.04. The molecule has 0 aliphatic heterocycles. The number of ether oxygens (including phenoxy) is 2. The molecule has 0 spiro atoms. The monoisotopic (exact) mass is 308 g/mol. The molecule has 8 heteroatoms. The number of benzene rings is 1. The van der Waals surface area contributed by atoms with E-state index in [2.05, 4.69) is 4.98 Å². The van der Waals surface area contributed by atoms with E-state index in [9.17, 15) is 14.9 Å². The molecule has 0 saturated carbocycles. The average Bonchev–Trinajstić information content (AvgIpc) is 2.85. The van der Waals surface area contributed by atoms with Crippen molar-refractivity contribution in [2.75, 3.05) is 6.61 Å². The summed E-state index contributed by atoms with van der Waals surface area (Å²) in [4.78, 5) is 26.6. The van der Waals surface area contributed by atoms with Crippen LogP contribution in [0.4, 0.5) is 10.5 Å². The van der Waals surface area contributed by atoms with Crippen LogP contribution in [-0.2, 0) is 11.2 Å². The third kappa shape index (κ3) is 4.25. The number of thiazole rings is 1. The summed E-state index contributed by atoms with van der Waals surface area (Å²) in [5, 5.41) is 10.5. The van der Waals surface area contributed by atoms with Crippen LogP contribution in [0.3, 0.4) is 0 Å². The summed E-state index contributed by atoms with van der Waals surface area (Å²) in [6.45, 7) is 2.08. The highest BCUT2D eigenvalue weighted by Crippen LogP contribution is 2.18. The quantitative estimate of drug-likeness (QED) is 0.365. The van der Waals surface area contributed by atoms with E-state index in [4.69, 9.17) is 9.47 Å². The molecule has 1 aromatic carbocycles. The molecule has 2 rings (SSSR count). The van der Waals surface area contributed by atoms with Crippen LogP contribution in [0.15, 0.2) is 29.8 Å². The number of carbonyl (C=O) groups excluding carboxylic acids is 1. The normalized spacial score (nSPS) is 10.1. The van der Waals surface area contributed by atoms with Gasteiger partial charge < -0.3 is 9.47 Å². The lowest BCUT2D eigenvalue weighted by molar-refractivity contribution is -0.384. The van der Waals surface area contributed by atoms with E-state index in [1.54, 1.807) is 5.51 Å². The predicted octanol–water partition coefficient (Wildman–Crippen LogP) is 3.12. The van der Waals surface area contributed by atoms with Gasteiger partial charge in [-0.15, -0.1) is 11.3 Å². The first-order valence-corrected chi connectivity index (χ1v) is 6.92. The fourth-order valence-corrected chi connectivity index (χ4v) is 2.32. The molecule has 0 amide bonds. The highest BCUT2D eigenvalue weighted by molar-refractivity contribution is 7.09. The molecule has 1 heterocycles. The molecular formula is C13H12N2O5S. The minimum absolute atomic E-state index is 0.0728. The number of rotatable bonds is 5. The predicted molar refractivity (Wildman–Crippen MR) is 75.6 cm³/mol. The molecule has 110 valence electrons. The molecule has 0 saturated heterocycles. The maximum Gasteiger partial charge on any atom is 0.513 e. The van der Waals surface area contributed by atoms with E-state index in [1.807, 2.05) is 6.92 Å². The third-order valence-corrected chi connectivity index (χ3v) is 3.64. The first-order chi connectivity index (χ1) is 10.1. The van der Waals surface area contributed by atoms with E-state index < -0.39 is 11.1 Å². The van der Waals surface area contributed by atoms with Crippen molar-refractivity contribution >= 4 is 23.2 Å². The molecule has 0 unspecified atom stereocenters. The van der Waals surface area contributed by atoms with E-state index >= 15 is 0 Å². The van der Waals surface area contributed by atoms with Crippen molar-refractivity contribution in [3.63, 3.8) is 0 Å². The van der Waals surface area contributed by atoms with E-state index in [0.717, 1.165) is 10.6 Å². The first kappa shape index (κ1) is 14.9. The number of hydrogen-bond acceptors (Lipinski definition) is 7. The van der Waals surface area contributed by atoms with Crippen molar-refractivity contribution in [3.8, 4) is 5.75 Å². The number of nitrogens with zero attached hydrogens (tertiary/aromatic N) is 2. The van der Waals surface area contributed by atoms with Crippen molar-refractivity contribution in [1.29, 1.82) is 0 Å². The SMILES string of the molecule is Cc1ncsc1CCOC(=O)Oc1ccc([N+](=O)[O-])cc1. The molecule has 0 aliphatic rings. The summed E-state index contributed by atoms with van der Waals surface area (Å²) in [6.07, 6.45) is -0.266. The molecule has 0 atom stereocenters. The molecule has 0 fully saturated rings. The third-order valence-electron chi connectivity index (χ3n) is 2.64. The summed E-state index contributed by atoms with van der Waals surface area (Å²) in [5.74, 6) is 0.194. The molecule has 0 bridgehead atoms. The highest BCUT2D eigenvalue weighted by atomic mass is 32.1. The van der Waals surface area contributed by atoms with Crippen LogP contribution in [0.1, 0.15) is 10.6 Å². The van der Waals surface area contributed by atoms with E-state index in [-0.39, 0.29) is 18.0 Å². The zero-order valence-corrected chi connectivity index (χ0v) is 12.0. The van der Waals surface area contributed by atoms with E-state index in [0.29, 0.717) is 6.42 Å². The minimum atomic E-state index is -0.842. The van der Waals surface area contributed by atoms with Crippen molar-refractivity contribution in [2.24, 2.45) is 0 Å². The second kappa shape index (κ2) is 6.80. The summed E-state index contributed by atoms with van der Waals surface area (Å²) in [6, 6.07) is 5.19. The Morgan fingerprint density at radius 3 is 2.67 bits per heavy atom. The van der Waals surface area contributed by atoms with Gasteiger partial charge in [-0.3, -0.25) is 10.1 Å². The Morgan fingerprint density at radius 2 is 2.10 bits per heavy atom. The van der Waals surface area contributed by atoms with Gasteiger partial charge in [-0.2, -0.15) is 0 Å². The van der Waals surface area contributed by atoms with Crippen molar-refractivity contribution < 1.29 is 19.2 Å². The smallest absolute Gasteiger partial charge is 0.434 e. The van der Waals surface area contributed by atoms with Crippen molar-refractivity contribution in [2.45, 2.75) is 13.3 Å². The summed E-state index contributed by atoms with van der Waals surface area (Å²) < 4.78 is 9.84. The average molecular weight is 308 g/mol. The number of aromatic nitrogens is 1.